The molecule has 4 heterocycles. The topological polar surface area (TPSA) is 86.3 Å². The van der Waals surface area contributed by atoms with Crippen molar-refractivity contribution in [2.24, 2.45) is 0 Å². The Balaban J connectivity index is 1.23. The van der Waals surface area contributed by atoms with Crippen molar-refractivity contribution < 1.29 is 14.1 Å². The van der Waals surface area contributed by atoms with Crippen LogP contribution in [-0.4, -0.2) is 50.7 Å². The van der Waals surface area contributed by atoms with E-state index in [9.17, 15) is 4.79 Å². The van der Waals surface area contributed by atoms with E-state index in [0.717, 1.165) is 22.1 Å². The zero-order chi connectivity index (χ0) is 21.4. The van der Waals surface area contributed by atoms with Crippen molar-refractivity contribution in [1.82, 2.24) is 24.6 Å². The Hall–Kier alpha value is -3.46. The summed E-state index contributed by atoms with van der Waals surface area (Å²) in [7, 11) is 1.65. The Morgan fingerprint density at radius 1 is 1.19 bits per heavy atom. The highest BCUT2D eigenvalue weighted by molar-refractivity contribution is 7.16. The highest BCUT2D eigenvalue weighted by Gasteiger charge is 2.37. The van der Waals surface area contributed by atoms with Crippen LogP contribution in [0.4, 0.5) is 0 Å². The van der Waals surface area contributed by atoms with Crippen molar-refractivity contribution in [3.63, 3.8) is 0 Å². The SMILES string of the molecule is COc1ccccc1Cc1noc(C2CN(C(=O)c3sc(-n4cccc4)nc3C)C2)n1. The van der Waals surface area contributed by atoms with Gasteiger partial charge in [-0.3, -0.25) is 4.79 Å². The monoisotopic (exact) mass is 435 g/mol. The minimum Gasteiger partial charge on any atom is -0.496 e. The summed E-state index contributed by atoms with van der Waals surface area (Å²) in [6, 6.07) is 11.6. The lowest BCUT2D eigenvalue weighted by Crippen LogP contribution is -2.48. The number of nitrogens with zero attached hydrogens (tertiary/aromatic N) is 5. The van der Waals surface area contributed by atoms with Crippen molar-refractivity contribution in [3.8, 4) is 10.9 Å². The Kier molecular flexibility index (Phi) is 5.03. The van der Waals surface area contributed by atoms with Crippen molar-refractivity contribution >= 4 is 17.2 Å². The average molecular weight is 436 g/mol. The van der Waals surface area contributed by atoms with Crippen LogP contribution in [0.25, 0.3) is 5.13 Å². The van der Waals surface area contributed by atoms with Gasteiger partial charge >= 0.3 is 0 Å². The van der Waals surface area contributed by atoms with E-state index in [1.807, 2.05) is 60.3 Å². The van der Waals surface area contributed by atoms with E-state index in [1.165, 1.54) is 11.3 Å². The van der Waals surface area contributed by atoms with Crippen molar-refractivity contribution in [2.45, 2.75) is 19.3 Å². The van der Waals surface area contributed by atoms with Gasteiger partial charge in [-0.2, -0.15) is 4.98 Å². The van der Waals surface area contributed by atoms with Crippen molar-refractivity contribution in [2.75, 3.05) is 20.2 Å². The molecule has 0 atom stereocenters. The number of hydrogen-bond donors (Lipinski definition) is 0. The van der Waals surface area contributed by atoms with Crippen LogP contribution in [0.3, 0.4) is 0 Å². The quantitative estimate of drug-likeness (QED) is 0.461. The fourth-order valence-corrected chi connectivity index (χ4v) is 4.62. The minimum absolute atomic E-state index is 0.00147. The standard InChI is InChI=1S/C22H21N5O3S/c1-14-19(31-22(23-14)26-9-5-6-10-26)21(28)27-12-16(13-27)20-24-18(25-30-20)11-15-7-3-4-8-17(15)29-2/h3-10,16H,11-13H2,1-2H3. The molecule has 1 amide bonds. The first-order valence-corrected chi connectivity index (χ1v) is 10.8. The third-order valence-corrected chi connectivity index (χ3v) is 6.51. The molecule has 0 radical (unpaired) electrons. The summed E-state index contributed by atoms with van der Waals surface area (Å²) in [6.45, 7) is 2.99. The van der Waals surface area contributed by atoms with Crippen LogP contribution < -0.4 is 4.74 Å². The molecule has 1 aliphatic heterocycles. The van der Waals surface area contributed by atoms with E-state index in [2.05, 4.69) is 15.1 Å². The normalized spacial score (nSPS) is 13.9. The number of carbonyl (C=O) groups excluding carboxylic acids is 1. The van der Waals surface area contributed by atoms with Crippen LogP contribution in [0.5, 0.6) is 5.75 Å². The molecule has 1 aromatic carbocycles. The van der Waals surface area contributed by atoms with E-state index < -0.39 is 0 Å². The first kappa shape index (κ1) is 19.5. The lowest BCUT2D eigenvalue weighted by molar-refractivity contribution is 0.0573. The molecule has 3 aromatic heterocycles. The number of para-hydroxylation sites is 1. The molecule has 158 valence electrons. The lowest BCUT2D eigenvalue weighted by atomic mass is 10.00. The fraction of sp³-hybridized carbons (Fsp3) is 0.273. The molecule has 1 aliphatic rings. The van der Waals surface area contributed by atoms with Gasteiger partial charge in [0.1, 0.15) is 10.6 Å². The van der Waals surface area contributed by atoms with Gasteiger partial charge in [0.2, 0.25) is 5.89 Å². The first-order chi connectivity index (χ1) is 15.1. The summed E-state index contributed by atoms with van der Waals surface area (Å²) in [5, 5.41) is 4.90. The number of hydrogen-bond acceptors (Lipinski definition) is 7. The molecule has 0 N–H and O–H groups in total. The van der Waals surface area contributed by atoms with Gasteiger partial charge in [-0.1, -0.05) is 34.7 Å². The summed E-state index contributed by atoms with van der Waals surface area (Å²) in [5.41, 5.74) is 1.75. The van der Waals surface area contributed by atoms with E-state index >= 15 is 0 Å². The van der Waals surface area contributed by atoms with E-state index in [0.29, 0.717) is 36.1 Å². The third kappa shape index (κ3) is 3.72. The number of amides is 1. The molecule has 1 fully saturated rings. The summed E-state index contributed by atoms with van der Waals surface area (Å²) in [4.78, 5) is 24.5. The van der Waals surface area contributed by atoms with Gasteiger partial charge in [0.05, 0.1) is 18.7 Å². The molecule has 0 saturated carbocycles. The molecular weight excluding hydrogens is 414 g/mol. The third-order valence-electron chi connectivity index (χ3n) is 5.35. The van der Waals surface area contributed by atoms with E-state index in [1.54, 1.807) is 12.0 Å². The highest BCUT2D eigenvalue weighted by atomic mass is 32.1. The van der Waals surface area contributed by atoms with Crippen molar-refractivity contribution in [3.05, 3.63) is 76.6 Å². The van der Waals surface area contributed by atoms with Gasteiger partial charge in [-0.25, -0.2) is 4.98 Å². The summed E-state index contributed by atoms with van der Waals surface area (Å²) in [6.07, 6.45) is 4.37. The zero-order valence-corrected chi connectivity index (χ0v) is 18.0. The van der Waals surface area contributed by atoms with Crippen LogP contribution in [0.15, 0.2) is 53.3 Å². The minimum atomic E-state index is -0.00147. The maximum atomic E-state index is 12.9. The predicted octanol–water partition coefficient (Wildman–Crippen LogP) is 3.46. The zero-order valence-electron chi connectivity index (χ0n) is 17.2. The van der Waals surface area contributed by atoms with Crippen LogP contribution in [-0.2, 0) is 6.42 Å². The Morgan fingerprint density at radius 3 is 2.74 bits per heavy atom. The molecule has 31 heavy (non-hydrogen) atoms. The molecule has 0 aliphatic carbocycles. The Labute approximate surface area is 183 Å². The van der Waals surface area contributed by atoms with Gasteiger partial charge in [-0.15, -0.1) is 0 Å². The van der Waals surface area contributed by atoms with Gasteiger partial charge in [-0.05, 0) is 25.1 Å². The number of likely N-dealkylation sites (tertiary alicyclic amines) is 1. The molecule has 0 spiro atoms. The smallest absolute Gasteiger partial charge is 0.265 e. The largest absolute Gasteiger partial charge is 0.496 e. The van der Waals surface area contributed by atoms with Gasteiger partial charge in [0.25, 0.3) is 5.91 Å². The predicted molar refractivity (Wildman–Crippen MR) is 115 cm³/mol. The molecule has 5 rings (SSSR count). The Bertz CT molecular complexity index is 1210. The molecule has 9 heteroatoms. The van der Waals surface area contributed by atoms with Crippen LogP contribution in [0.1, 0.15) is 38.6 Å². The molecule has 0 unspecified atom stereocenters. The Morgan fingerprint density at radius 2 is 1.97 bits per heavy atom. The number of methoxy groups -OCH3 is 1. The number of rotatable bonds is 6. The first-order valence-electron chi connectivity index (χ1n) is 9.97. The molecular formula is C22H21N5O3S. The maximum absolute atomic E-state index is 12.9. The highest BCUT2D eigenvalue weighted by Crippen LogP contribution is 2.31. The summed E-state index contributed by atoms with van der Waals surface area (Å²) < 4.78 is 12.8. The second kappa shape index (κ2) is 7.99. The van der Waals surface area contributed by atoms with Crippen LogP contribution >= 0.6 is 11.3 Å². The maximum Gasteiger partial charge on any atom is 0.265 e. The van der Waals surface area contributed by atoms with Crippen molar-refractivity contribution in [1.29, 1.82) is 0 Å². The van der Waals surface area contributed by atoms with Gasteiger partial charge in [0, 0.05) is 37.5 Å². The van der Waals surface area contributed by atoms with Crippen LogP contribution in [0.2, 0.25) is 0 Å². The molecule has 0 bridgehead atoms. The lowest BCUT2D eigenvalue weighted by Gasteiger charge is -2.36. The number of carbonyl (C=O) groups is 1. The summed E-state index contributed by atoms with van der Waals surface area (Å²) >= 11 is 1.41. The molecule has 8 nitrogen and oxygen atoms in total. The number of thiazole rings is 1. The second-order valence-electron chi connectivity index (χ2n) is 7.45. The van der Waals surface area contributed by atoms with Crippen LogP contribution in [0, 0.1) is 6.92 Å². The number of benzene rings is 1. The summed E-state index contributed by atoms with van der Waals surface area (Å²) in [5.74, 6) is 2.04. The van der Waals surface area contributed by atoms with Gasteiger partial charge in [0.15, 0.2) is 11.0 Å². The van der Waals surface area contributed by atoms with E-state index in [4.69, 9.17) is 9.26 Å². The molecule has 4 aromatic rings. The number of aryl methyl sites for hydroxylation is 1. The fourth-order valence-electron chi connectivity index (χ4n) is 3.62. The number of ether oxygens (including phenoxy) is 1. The molecule has 1 saturated heterocycles. The average Bonchev–Trinajstić information content (AvgIpc) is 3.48. The second-order valence-corrected chi connectivity index (χ2v) is 8.42. The number of aromatic nitrogens is 4. The van der Waals surface area contributed by atoms with Gasteiger partial charge < -0.3 is 18.7 Å². The van der Waals surface area contributed by atoms with E-state index in [-0.39, 0.29) is 11.8 Å².